The molecule has 0 radical (unpaired) electrons. The zero-order valence-corrected chi connectivity index (χ0v) is 13.6. The minimum absolute atomic E-state index is 0.137. The van der Waals surface area contributed by atoms with E-state index < -0.39 is 0 Å². The van der Waals surface area contributed by atoms with Crippen molar-refractivity contribution in [1.82, 2.24) is 20.4 Å². The number of carbonyl (C=O) groups is 1. The number of benzene rings is 1. The molecule has 0 aliphatic carbocycles. The minimum Gasteiger partial charge on any atom is -0.396 e. The molecule has 6 nitrogen and oxygen atoms in total. The van der Waals surface area contributed by atoms with Crippen LogP contribution in [-0.2, 0) is 0 Å². The molecule has 2 rings (SSSR count). The number of urea groups is 1. The Bertz CT molecular complexity index is 613. The van der Waals surface area contributed by atoms with Gasteiger partial charge in [0.25, 0.3) is 0 Å². The summed E-state index contributed by atoms with van der Waals surface area (Å²) in [5.41, 5.74) is 1.94. The molecule has 0 saturated carbocycles. The normalized spacial score (nSPS) is 13.3. The van der Waals surface area contributed by atoms with E-state index in [1.165, 1.54) is 0 Å². The summed E-state index contributed by atoms with van der Waals surface area (Å²) >= 11 is 0. The average molecular weight is 316 g/mol. The second kappa shape index (κ2) is 8.33. The Balaban J connectivity index is 1.98. The van der Waals surface area contributed by atoms with Crippen LogP contribution in [0.1, 0.15) is 31.9 Å². The average Bonchev–Trinajstić information content (AvgIpc) is 3.07. The van der Waals surface area contributed by atoms with Gasteiger partial charge in [0.1, 0.15) is 0 Å². The molecule has 1 heterocycles. The summed E-state index contributed by atoms with van der Waals surface area (Å²) < 4.78 is 1.79. The number of nitrogens with zero attached hydrogens (tertiary/aromatic N) is 2. The zero-order valence-electron chi connectivity index (χ0n) is 13.6. The van der Waals surface area contributed by atoms with E-state index >= 15 is 0 Å². The number of aliphatic hydroxyl groups excluding tert-OH is 1. The van der Waals surface area contributed by atoms with E-state index in [2.05, 4.69) is 15.7 Å². The number of carbonyl (C=O) groups excluding carboxylic acids is 1. The molecule has 0 fully saturated rings. The van der Waals surface area contributed by atoms with Crippen LogP contribution in [0, 0.1) is 5.92 Å². The third kappa shape index (κ3) is 4.82. The van der Waals surface area contributed by atoms with E-state index in [4.69, 9.17) is 5.11 Å². The molecule has 0 bridgehead atoms. The van der Waals surface area contributed by atoms with Gasteiger partial charge in [-0.15, -0.1) is 0 Å². The van der Waals surface area contributed by atoms with Crippen molar-refractivity contribution >= 4 is 6.03 Å². The van der Waals surface area contributed by atoms with Crippen LogP contribution in [0.4, 0.5) is 4.79 Å². The van der Waals surface area contributed by atoms with Crippen LogP contribution < -0.4 is 10.6 Å². The van der Waals surface area contributed by atoms with Gasteiger partial charge in [-0.2, -0.15) is 5.10 Å². The van der Waals surface area contributed by atoms with Gasteiger partial charge in [0.2, 0.25) is 0 Å². The van der Waals surface area contributed by atoms with E-state index in [1.54, 1.807) is 10.9 Å². The maximum absolute atomic E-state index is 12.0. The molecular formula is C17H24N4O2. The van der Waals surface area contributed by atoms with Crippen LogP contribution in [0.2, 0.25) is 0 Å². The van der Waals surface area contributed by atoms with Gasteiger partial charge in [-0.3, -0.25) is 0 Å². The molecule has 1 aromatic heterocycles. The maximum atomic E-state index is 12.0. The predicted molar refractivity (Wildman–Crippen MR) is 89.4 cm³/mol. The van der Waals surface area contributed by atoms with Gasteiger partial charge in [0, 0.05) is 25.5 Å². The monoisotopic (exact) mass is 316 g/mol. The fourth-order valence-corrected chi connectivity index (χ4v) is 2.39. The summed E-state index contributed by atoms with van der Waals surface area (Å²) in [7, 11) is 0. The highest BCUT2D eigenvalue weighted by Gasteiger charge is 2.14. The predicted octanol–water partition coefficient (Wildman–Crippen LogP) is 2.25. The molecule has 23 heavy (non-hydrogen) atoms. The number of para-hydroxylation sites is 1. The third-order valence-corrected chi connectivity index (χ3v) is 3.74. The first-order valence-corrected chi connectivity index (χ1v) is 7.86. The Labute approximate surface area is 136 Å². The molecule has 0 aliphatic rings. The molecule has 0 spiro atoms. The third-order valence-electron chi connectivity index (χ3n) is 3.74. The molecule has 2 unspecified atom stereocenters. The molecule has 2 aromatic rings. The summed E-state index contributed by atoms with van der Waals surface area (Å²) in [6.07, 6.45) is 4.28. The molecule has 0 saturated heterocycles. The summed E-state index contributed by atoms with van der Waals surface area (Å²) in [4.78, 5) is 12.0. The first-order chi connectivity index (χ1) is 11.1. The lowest BCUT2D eigenvalue weighted by atomic mass is 10.1. The highest BCUT2D eigenvalue weighted by molar-refractivity contribution is 5.74. The summed E-state index contributed by atoms with van der Waals surface area (Å²) in [5, 5.41) is 18.9. The Hall–Kier alpha value is -2.34. The molecule has 124 valence electrons. The molecule has 0 aliphatic heterocycles. The number of hydrogen-bond donors (Lipinski definition) is 3. The fourth-order valence-electron chi connectivity index (χ4n) is 2.39. The number of nitrogens with one attached hydrogen (secondary N) is 2. The van der Waals surface area contributed by atoms with E-state index in [0.717, 1.165) is 11.3 Å². The Kier molecular flexibility index (Phi) is 6.17. The SMILES string of the molecule is CC(CCO)CNC(=O)NC(C)c1ccccc1-n1cccn1. The zero-order chi connectivity index (χ0) is 16.7. The highest BCUT2D eigenvalue weighted by atomic mass is 16.3. The van der Waals surface area contributed by atoms with Crippen molar-refractivity contribution < 1.29 is 9.90 Å². The molecule has 2 amide bonds. The van der Waals surface area contributed by atoms with Crippen molar-refractivity contribution in [2.45, 2.75) is 26.3 Å². The maximum Gasteiger partial charge on any atom is 0.315 e. The lowest BCUT2D eigenvalue weighted by Gasteiger charge is -2.19. The van der Waals surface area contributed by atoms with E-state index in [-0.39, 0.29) is 24.6 Å². The standard InChI is InChI=1S/C17H24N4O2/c1-13(8-11-22)12-18-17(23)20-14(2)15-6-3-4-7-16(15)21-10-5-9-19-21/h3-7,9-10,13-14,22H,8,11-12H2,1-2H3,(H2,18,20,23). The Morgan fingerprint density at radius 1 is 1.30 bits per heavy atom. The smallest absolute Gasteiger partial charge is 0.315 e. The van der Waals surface area contributed by atoms with Gasteiger partial charge in [0.05, 0.1) is 11.7 Å². The van der Waals surface area contributed by atoms with Crippen LogP contribution in [0.5, 0.6) is 0 Å². The van der Waals surface area contributed by atoms with Crippen LogP contribution >= 0.6 is 0 Å². The van der Waals surface area contributed by atoms with Crippen molar-refractivity contribution in [3.63, 3.8) is 0 Å². The number of amides is 2. The molecule has 3 N–H and O–H groups in total. The van der Waals surface area contributed by atoms with E-state index in [9.17, 15) is 4.79 Å². The largest absolute Gasteiger partial charge is 0.396 e. The molecule has 6 heteroatoms. The van der Waals surface area contributed by atoms with Crippen LogP contribution in [0.15, 0.2) is 42.7 Å². The van der Waals surface area contributed by atoms with E-state index in [0.29, 0.717) is 13.0 Å². The van der Waals surface area contributed by atoms with Gasteiger partial charge < -0.3 is 15.7 Å². The van der Waals surface area contributed by atoms with Crippen molar-refractivity contribution in [2.24, 2.45) is 5.92 Å². The highest BCUT2D eigenvalue weighted by Crippen LogP contribution is 2.20. The fraction of sp³-hybridized carbons (Fsp3) is 0.412. The first kappa shape index (κ1) is 17.0. The Morgan fingerprint density at radius 2 is 2.09 bits per heavy atom. The van der Waals surface area contributed by atoms with Crippen molar-refractivity contribution in [3.05, 3.63) is 48.3 Å². The second-order valence-corrected chi connectivity index (χ2v) is 5.70. The Morgan fingerprint density at radius 3 is 2.78 bits per heavy atom. The van der Waals surface area contributed by atoms with Crippen molar-refractivity contribution in [1.29, 1.82) is 0 Å². The van der Waals surface area contributed by atoms with Crippen molar-refractivity contribution in [3.8, 4) is 5.69 Å². The lowest BCUT2D eigenvalue weighted by Crippen LogP contribution is -2.39. The van der Waals surface area contributed by atoms with E-state index in [1.807, 2.05) is 50.4 Å². The summed E-state index contributed by atoms with van der Waals surface area (Å²) in [5.74, 6) is 0.248. The lowest BCUT2D eigenvalue weighted by molar-refractivity contribution is 0.231. The summed E-state index contributed by atoms with van der Waals surface area (Å²) in [6.45, 7) is 4.62. The second-order valence-electron chi connectivity index (χ2n) is 5.70. The first-order valence-electron chi connectivity index (χ1n) is 7.86. The van der Waals surface area contributed by atoms with Gasteiger partial charge in [-0.25, -0.2) is 9.48 Å². The number of aliphatic hydroxyl groups is 1. The van der Waals surface area contributed by atoms with Gasteiger partial charge in [-0.05, 0) is 37.0 Å². The van der Waals surface area contributed by atoms with Gasteiger partial charge >= 0.3 is 6.03 Å². The minimum atomic E-state index is -0.211. The number of aromatic nitrogens is 2. The van der Waals surface area contributed by atoms with Gasteiger partial charge in [-0.1, -0.05) is 25.1 Å². The quantitative estimate of drug-likeness (QED) is 0.733. The molecular weight excluding hydrogens is 292 g/mol. The van der Waals surface area contributed by atoms with Crippen LogP contribution in [-0.4, -0.2) is 34.1 Å². The van der Waals surface area contributed by atoms with Gasteiger partial charge in [0.15, 0.2) is 0 Å². The van der Waals surface area contributed by atoms with Crippen molar-refractivity contribution in [2.75, 3.05) is 13.2 Å². The summed E-state index contributed by atoms with van der Waals surface area (Å²) in [6, 6.07) is 9.36. The van der Waals surface area contributed by atoms with Crippen LogP contribution in [0.3, 0.4) is 0 Å². The van der Waals surface area contributed by atoms with Crippen LogP contribution in [0.25, 0.3) is 5.69 Å². The number of hydrogen-bond acceptors (Lipinski definition) is 3. The number of rotatable bonds is 7. The topological polar surface area (TPSA) is 79.2 Å². The molecule has 1 aromatic carbocycles. The molecule has 2 atom stereocenters.